The standard InChI is InChI=1S/C14H24N2O3/c1-4-16(5-2)9-12-6-7-13(19-12)14(18)15-8-11(3)10-17/h6-7,11,17H,4-5,8-10H2,1-3H3,(H,15,18). The molecule has 0 fully saturated rings. The van der Waals surface area contributed by atoms with Gasteiger partial charge in [-0.25, -0.2) is 0 Å². The molecule has 0 saturated heterocycles. The third-order valence-electron chi connectivity index (χ3n) is 3.08. The smallest absolute Gasteiger partial charge is 0.287 e. The zero-order valence-corrected chi connectivity index (χ0v) is 12.0. The van der Waals surface area contributed by atoms with Crippen molar-refractivity contribution >= 4 is 5.91 Å². The summed E-state index contributed by atoms with van der Waals surface area (Å²) in [6.07, 6.45) is 0. The molecule has 1 amide bonds. The Morgan fingerprint density at radius 2 is 2.11 bits per heavy atom. The third kappa shape index (κ3) is 5.04. The molecule has 0 aliphatic carbocycles. The molecule has 1 heterocycles. The lowest BCUT2D eigenvalue weighted by Gasteiger charge is -2.15. The van der Waals surface area contributed by atoms with Crippen LogP contribution in [0.4, 0.5) is 0 Å². The molecule has 0 aromatic carbocycles. The first-order chi connectivity index (χ1) is 9.10. The molecule has 1 unspecified atom stereocenters. The van der Waals surface area contributed by atoms with Gasteiger partial charge in [-0.3, -0.25) is 9.69 Å². The van der Waals surface area contributed by atoms with Crippen LogP contribution < -0.4 is 5.32 Å². The van der Waals surface area contributed by atoms with Gasteiger partial charge in [-0.05, 0) is 31.1 Å². The fraction of sp³-hybridized carbons (Fsp3) is 0.643. The van der Waals surface area contributed by atoms with Gasteiger partial charge in [-0.1, -0.05) is 20.8 Å². The van der Waals surface area contributed by atoms with Crippen LogP contribution in [0.25, 0.3) is 0 Å². The van der Waals surface area contributed by atoms with Crippen molar-refractivity contribution < 1.29 is 14.3 Å². The highest BCUT2D eigenvalue weighted by Crippen LogP contribution is 2.10. The van der Waals surface area contributed by atoms with E-state index in [1.54, 1.807) is 6.07 Å². The summed E-state index contributed by atoms with van der Waals surface area (Å²) in [5.41, 5.74) is 0. The van der Waals surface area contributed by atoms with Gasteiger partial charge in [-0.2, -0.15) is 0 Å². The fourth-order valence-corrected chi connectivity index (χ4v) is 1.67. The number of rotatable bonds is 8. The van der Waals surface area contributed by atoms with E-state index in [1.165, 1.54) is 0 Å². The SMILES string of the molecule is CCN(CC)Cc1ccc(C(=O)NCC(C)CO)o1. The van der Waals surface area contributed by atoms with E-state index in [9.17, 15) is 4.79 Å². The minimum Gasteiger partial charge on any atom is -0.455 e. The normalized spacial score (nSPS) is 12.7. The predicted octanol–water partition coefficient (Wildman–Crippen LogP) is 1.48. The highest BCUT2D eigenvalue weighted by atomic mass is 16.4. The molecule has 0 radical (unpaired) electrons. The second-order valence-corrected chi connectivity index (χ2v) is 4.73. The van der Waals surface area contributed by atoms with Gasteiger partial charge in [0.1, 0.15) is 5.76 Å². The van der Waals surface area contributed by atoms with E-state index in [2.05, 4.69) is 24.1 Å². The number of aliphatic hydroxyl groups excluding tert-OH is 1. The van der Waals surface area contributed by atoms with Crippen LogP contribution in [0.1, 0.15) is 37.1 Å². The third-order valence-corrected chi connectivity index (χ3v) is 3.08. The molecule has 19 heavy (non-hydrogen) atoms. The number of aliphatic hydroxyl groups is 1. The zero-order valence-electron chi connectivity index (χ0n) is 12.0. The molecule has 0 spiro atoms. The van der Waals surface area contributed by atoms with E-state index >= 15 is 0 Å². The first kappa shape index (κ1) is 15.7. The van der Waals surface area contributed by atoms with Crippen molar-refractivity contribution in [1.29, 1.82) is 0 Å². The van der Waals surface area contributed by atoms with Gasteiger partial charge in [0.05, 0.1) is 6.54 Å². The average molecular weight is 268 g/mol. The monoisotopic (exact) mass is 268 g/mol. The molecule has 1 atom stereocenters. The summed E-state index contributed by atoms with van der Waals surface area (Å²) in [4.78, 5) is 14.0. The van der Waals surface area contributed by atoms with Gasteiger partial charge < -0.3 is 14.8 Å². The van der Waals surface area contributed by atoms with Crippen molar-refractivity contribution in [2.45, 2.75) is 27.3 Å². The van der Waals surface area contributed by atoms with E-state index < -0.39 is 0 Å². The topological polar surface area (TPSA) is 65.7 Å². The highest BCUT2D eigenvalue weighted by Gasteiger charge is 2.13. The first-order valence-electron chi connectivity index (χ1n) is 6.80. The van der Waals surface area contributed by atoms with Gasteiger partial charge in [0.2, 0.25) is 0 Å². The number of amides is 1. The van der Waals surface area contributed by atoms with Gasteiger partial charge >= 0.3 is 0 Å². The van der Waals surface area contributed by atoms with Crippen molar-refractivity contribution in [3.63, 3.8) is 0 Å². The molecule has 1 aromatic heterocycles. The summed E-state index contributed by atoms with van der Waals surface area (Å²) in [5.74, 6) is 0.941. The number of nitrogens with one attached hydrogen (secondary N) is 1. The lowest BCUT2D eigenvalue weighted by molar-refractivity contribution is 0.0911. The Labute approximate surface area is 114 Å². The quantitative estimate of drug-likeness (QED) is 0.749. The molecule has 2 N–H and O–H groups in total. The van der Waals surface area contributed by atoms with Gasteiger partial charge in [0.15, 0.2) is 5.76 Å². The van der Waals surface area contributed by atoms with E-state index in [0.717, 1.165) is 18.8 Å². The van der Waals surface area contributed by atoms with Gasteiger partial charge in [-0.15, -0.1) is 0 Å². The lowest BCUT2D eigenvalue weighted by atomic mass is 10.2. The maximum absolute atomic E-state index is 11.8. The summed E-state index contributed by atoms with van der Waals surface area (Å²) in [5, 5.41) is 11.6. The van der Waals surface area contributed by atoms with Crippen LogP contribution >= 0.6 is 0 Å². The molecule has 5 nitrogen and oxygen atoms in total. The Hall–Kier alpha value is -1.33. The van der Waals surface area contributed by atoms with Crippen LogP contribution in [0.5, 0.6) is 0 Å². The molecule has 0 aliphatic rings. The summed E-state index contributed by atoms with van der Waals surface area (Å²) in [7, 11) is 0. The maximum atomic E-state index is 11.8. The highest BCUT2D eigenvalue weighted by molar-refractivity contribution is 5.91. The van der Waals surface area contributed by atoms with Crippen LogP contribution in [0.15, 0.2) is 16.5 Å². The van der Waals surface area contributed by atoms with Crippen molar-refractivity contribution in [1.82, 2.24) is 10.2 Å². The summed E-state index contributed by atoms with van der Waals surface area (Å²) in [6, 6.07) is 3.53. The molecule has 0 bridgehead atoms. The van der Waals surface area contributed by atoms with E-state index in [0.29, 0.717) is 18.8 Å². The fourth-order valence-electron chi connectivity index (χ4n) is 1.67. The Bertz CT molecular complexity index is 386. The van der Waals surface area contributed by atoms with Crippen molar-refractivity contribution in [2.24, 2.45) is 5.92 Å². The number of hydrogen-bond acceptors (Lipinski definition) is 4. The Balaban J connectivity index is 2.51. The lowest BCUT2D eigenvalue weighted by Crippen LogP contribution is -2.29. The molecular formula is C14H24N2O3. The molecule has 1 rings (SSSR count). The zero-order chi connectivity index (χ0) is 14.3. The van der Waals surface area contributed by atoms with Crippen molar-refractivity contribution in [3.05, 3.63) is 23.7 Å². The second kappa shape index (κ2) is 7.96. The summed E-state index contributed by atoms with van der Waals surface area (Å²) < 4.78 is 5.53. The minimum absolute atomic E-state index is 0.0501. The minimum atomic E-state index is -0.230. The molecule has 0 aliphatic heterocycles. The summed E-state index contributed by atoms with van der Waals surface area (Å²) in [6.45, 7) is 9.18. The number of furan rings is 1. The molecule has 108 valence electrons. The number of carbonyl (C=O) groups is 1. The van der Waals surface area contributed by atoms with Gasteiger partial charge in [0.25, 0.3) is 5.91 Å². The second-order valence-electron chi connectivity index (χ2n) is 4.73. The largest absolute Gasteiger partial charge is 0.455 e. The van der Waals surface area contributed by atoms with Crippen LogP contribution in [0.2, 0.25) is 0 Å². The number of hydrogen-bond donors (Lipinski definition) is 2. The summed E-state index contributed by atoms with van der Waals surface area (Å²) >= 11 is 0. The van der Waals surface area contributed by atoms with Crippen molar-refractivity contribution in [3.8, 4) is 0 Å². The molecule has 1 aromatic rings. The van der Waals surface area contributed by atoms with Crippen LogP contribution in [-0.4, -0.2) is 42.2 Å². The first-order valence-corrected chi connectivity index (χ1v) is 6.80. The number of carbonyl (C=O) groups excluding carboxylic acids is 1. The van der Waals surface area contributed by atoms with E-state index in [-0.39, 0.29) is 18.4 Å². The van der Waals surface area contributed by atoms with Crippen LogP contribution in [0.3, 0.4) is 0 Å². The molecule has 0 saturated carbocycles. The Morgan fingerprint density at radius 1 is 1.42 bits per heavy atom. The van der Waals surface area contributed by atoms with Gasteiger partial charge in [0, 0.05) is 13.2 Å². The number of nitrogens with zero attached hydrogens (tertiary/aromatic N) is 1. The van der Waals surface area contributed by atoms with Crippen molar-refractivity contribution in [2.75, 3.05) is 26.2 Å². The Morgan fingerprint density at radius 3 is 2.68 bits per heavy atom. The van der Waals surface area contributed by atoms with Crippen LogP contribution in [-0.2, 0) is 6.54 Å². The Kier molecular flexibility index (Phi) is 6.59. The van der Waals surface area contributed by atoms with Crippen LogP contribution in [0, 0.1) is 5.92 Å². The predicted molar refractivity (Wildman–Crippen MR) is 73.9 cm³/mol. The molecular weight excluding hydrogens is 244 g/mol. The van der Waals surface area contributed by atoms with E-state index in [4.69, 9.17) is 9.52 Å². The maximum Gasteiger partial charge on any atom is 0.287 e. The average Bonchev–Trinajstić information content (AvgIpc) is 2.90. The van der Waals surface area contributed by atoms with E-state index in [1.807, 2.05) is 13.0 Å². The molecule has 5 heteroatoms.